The Labute approximate surface area is 121 Å². The van der Waals surface area contributed by atoms with E-state index in [0.717, 1.165) is 12.8 Å². The van der Waals surface area contributed by atoms with Gasteiger partial charge in [0.25, 0.3) is 0 Å². The van der Waals surface area contributed by atoms with Crippen LogP contribution in [0.25, 0.3) is 0 Å². The number of pyridine rings is 1. The minimum absolute atomic E-state index is 0.300. The van der Waals surface area contributed by atoms with Crippen LogP contribution in [0.4, 0.5) is 0 Å². The lowest BCUT2D eigenvalue weighted by molar-refractivity contribution is 0.340. The largest absolute Gasteiger partial charge is 0.321 e. The first-order chi connectivity index (χ1) is 9.60. The summed E-state index contributed by atoms with van der Waals surface area (Å²) in [5.41, 5.74) is 11.5. The Balaban J connectivity index is 2.07. The zero-order valence-electron chi connectivity index (χ0n) is 12.3. The van der Waals surface area contributed by atoms with Crippen LogP contribution in [0.15, 0.2) is 42.6 Å². The molecule has 0 saturated heterocycles. The summed E-state index contributed by atoms with van der Waals surface area (Å²) in [6.07, 6.45) is 5.34. The number of hydrogen-bond acceptors (Lipinski definition) is 2. The lowest BCUT2D eigenvalue weighted by Crippen LogP contribution is -2.42. The quantitative estimate of drug-likeness (QED) is 0.900. The van der Waals surface area contributed by atoms with Gasteiger partial charge in [-0.15, -0.1) is 0 Å². The Bertz CT molecular complexity index is 616. The number of nitrogens with two attached hydrogens (primary N) is 1. The average Bonchev–Trinajstić information content (AvgIpc) is 2.47. The highest BCUT2D eigenvalue weighted by Gasteiger charge is 2.37. The smallest absolute Gasteiger partial charge is 0.0488 e. The van der Waals surface area contributed by atoms with Crippen molar-refractivity contribution in [2.45, 2.75) is 44.6 Å². The second-order valence-corrected chi connectivity index (χ2v) is 6.09. The number of fused-ring (bicyclic) bond motifs is 1. The highest BCUT2D eigenvalue weighted by Crippen LogP contribution is 2.42. The Morgan fingerprint density at radius 2 is 2.00 bits per heavy atom. The molecule has 1 aromatic carbocycles. The summed E-state index contributed by atoms with van der Waals surface area (Å²) in [6, 6.07) is 12.7. The molecular weight excluding hydrogens is 244 g/mol. The van der Waals surface area contributed by atoms with Crippen molar-refractivity contribution < 1.29 is 0 Å². The summed E-state index contributed by atoms with van der Waals surface area (Å²) < 4.78 is 0. The third kappa shape index (κ3) is 2.14. The van der Waals surface area contributed by atoms with Crippen LogP contribution in [0.1, 0.15) is 48.1 Å². The molecule has 2 nitrogen and oxygen atoms in total. The van der Waals surface area contributed by atoms with E-state index in [1.165, 1.54) is 28.8 Å². The molecule has 0 radical (unpaired) electrons. The number of nitrogens with zero attached hydrogens (tertiary/aromatic N) is 1. The Morgan fingerprint density at radius 3 is 2.80 bits per heavy atom. The Kier molecular flexibility index (Phi) is 3.35. The number of aromatic nitrogens is 1. The molecule has 0 amide bonds. The van der Waals surface area contributed by atoms with Crippen molar-refractivity contribution in [3.8, 4) is 0 Å². The second-order valence-electron chi connectivity index (χ2n) is 6.09. The van der Waals surface area contributed by atoms with Gasteiger partial charge in [0, 0.05) is 23.3 Å². The first kappa shape index (κ1) is 13.3. The van der Waals surface area contributed by atoms with Crippen molar-refractivity contribution in [2.24, 2.45) is 5.73 Å². The minimum atomic E-state index is -0.366. The monoisotopic (exact) mass is 266 g/mol. The fourth-order valence-electron chi connectivity index (χ4n) is 3.56. The van der Waals surface area contributed by atoms with Gasteiger partial charge in [-0.05, 0) is 55.9 Å². The van der Waals surface area contributed by atoms with Gasteiger partial charge >= 0.3 is 0 Å². The predicted molar refractivity (Wildman–Crippen MR) is 82.6 cm³/mol. The number of benzene rings is 1. The van der Waals surface area contributed by atoms with Crippen molar-refractivity contribution in [2.75, 3.05) is 0 Å². The topological polar surface area (TPSA) is 38.9 Å². The SMILES string of the molecule is Cc1ccccc1C(C)(N)C1CCCc2cccnc21. The van der Waals surface area contributed by atoms with E-state index in [1.807, 2.05) is 12.3 Å². The molecular formula is C18H22N2. The molecule has 20 heavy (non-hydrogen) atoms. The van der Waals surface area contributed by atoms with Crippen molar-refractivity contribution in [3.63, 3.8) is 0 Å². The summed E-state index contributed by atoms with van der Waals surface area (Å²) in [5.74, 6) is 0.300. The number of aryl methyl sites for hydroxylation is 2. The normalized spacial score (nSPS) is 21.1. The maximum atomic E-state index is 6.79. The summed E-state index contributed by atoms with van der Waals surface area (Å²) in [5, 5.41) is 0. The third-order valence-corrected chi connectivity index (χ3v) is 4.64. The minimum Gasteiger partial charge on any atom is -0.321 e. The standard InChI is InChI=1S/C18H22N2/c1-13-7-3-4-10-15(13)18(2,19)16-11-5-8-14-9-6-12-20-17(14)16/h3-4,6-7,9-10,12,16H,5,8,11,19H2,1-2H3. The maximum Gasteiger partial charge on any atom is 0.0488 e. The number of rotatable bonds is 2. The van der Waals surface area contributed by atoms with E-state index in [2.05, 4.69) is 49.2 Å². The lowest BCUT2D eigenvalue weighted by atomic mass is 9.71. The maximum absolute atomic E-state index is 6.79. The van der Waals surface area contributed by atoms with Gasteiger partial charge in [-0.1, -0.05) is 30.3 Å². The summed E-state index contributed by atoms with van der Waals surface area (Å²) in [7, 11) is 0. The first-order valence-corrected chi connectivity index (χ1v) is 7.39. The molecule has 0 saturated carbocycles. The van der Waals surface area contributed by atoms with E-state index < -0.39 is 0 Å². The fraction of sp³-hybridized carbons (Fsp3) is 0.389. The van der Waals surface area contributed by atoms with Crippen LogP contribution in [-0.2, 0) is 12.0 Å². The molecule has 0 spiro atoms. The molecule has 2 unspecified atom stereocenters. The van der Waals surface area contributed by atoms with Gasteiger partial charge in [0.1, 0.15) is 0 Å². The zero-order chi connectivity index (χ0) is 14.2. The molecule has 0 aliphatic heterocycles. The highest BCUT2D eigenvalue weighted by atomic mass is 14.8. The van der Waals surface area contributed by atoms with Crippen LogP contribution in [0, 0.1) is 6.92 Å². The van der Waals surface area contributed by atoms with Crippen LogP contribution in [0.3, 0.4) is 0 Å². The predicted octanol–water partition coefficient (Wildman–Crippen LogP) is 3.68. The third-order valence-electron chi connectivity index (χ3n) is 4.64. The molecule has 2 aromatic rings. The Hall–Kier alpha value is -1.67. The highest BCUT2D eigenvalue weighted by molar-refractivity contribution is 5.38. The van der Waals surface area contributed by atoms with Crippen LogP contribution >= 0.6 is 0 Å². The van der Waals surface area contributed by atoms with E-state index in [1.54, 1.807) is 0 Å². The molecule has 3 rings (SSSR count). The van der Waals surface area contributed by atoms with Gasteiger partial charge in [0.2, 0.25) is 0 Å². The fourth-order valence-corrected chi connectivity index (χ4v) is 3.56. The van der Waals surface area contributed by atoms with Gasteiger partial charge in [-0.25, -0.2) is 0 Å². The van der Waals surface area contributed by atoms with Crippen molar-refractivity contribution >= 4 is 0 Å². The van der Waals surface area contributed by atoms with Crippen LogP contribution in [0.2, 0.25) is 0 Å². The van der Waals surface area contributed by atoms with E-state index >= 15 is 0 Å². The summed E-state index contributed by atoms with van der Waals surface area (Å²) in [4.78, 5) is 4.64. The number of hydrogen-bond donors (Lipinski definition) is 1. The van der Waals surface area contributed by atoms with E-state index in [-0.39, 0.29) is 5.54 Å². The molecule has 2 N–H and O–H groups in total. The molecule has 1 aromatic heterocycles. The van der Waals surface area contributed by atoms with E-state index in [9.17, 15) is 0 Å². The van der Waals surface area contributed by atoms with Gasteiger partial charge in [0.05, 0.1) is 0 Å². The molecule has 1 aliphatic rings. The molecule has 0 fully saturated rings. The molecule has 2 heteroatoms. The first-order valence-electron chi connectivity index (χ1n) is 7.39. The van der Waals surface area contributed by atoms with Crippen LogP contribution in [0.5, 0.6) is 0 Å². The average molecular weight is 266 g/mol. The zero-order valence-corrected chi connectivity index (χ0v) is 12.3. The lowest BCUT2D eigenvalue weighted by Gasteiger charge is -2.38. The molecule has 0 bridgehead atoms. The molecule has 2 atom stereocenters. The van der Waals surface area contributed by atoms with E-state index in [4.69, 9.17) is 5.73 Å². The van der Waals surface area contributed by atoms with Gasteiger partial charge < -0.3 is 5.73 Å². The second kappa shape index (κ2) is 5.02. The summed E-state index contributed by atoms with van der Waals surface area (Å²) in [6.45, 7) is 4.30. The van der Waals surface area contributed by atoms with Gasteiger partial charge in [-0.3, -0.25) is 4.98 Å². The molecule has 1 aliphatic carbocycles. The van der Waals surface area contributed by atoms with E-state index in [0.29, 0.717) is 5.92 Å². The summed E-state index contributed by atoms with van der Waals surface area (Å²) >= 11 is 0. The Morgan fingerprint density at radius 1 is 1.20 bits per heavy atom. The van der Waals surface area contributed by atoms with Crippen molar-refractivity contribution in [3.05, 3.63) is 65.0 Å². The van der Waals surface area contributed by atoms with Crippen molar-refractivity contribution in [1.82, 2.24) is 4.98 Å². The van der Waals surface area contributed by atoms with Crippen LogP contribution < -0.4 is 5.73 Å². The van der Waals surface area contributed by atoms with Gasteiger partial charge in [0.15, 0.2) is 0 Å². The van der Waals surface area contributed by atoms with Gasteiger partial charge in [-0.2, -0.15) is 0 Å². The molecule has 1 heterocycles. The van der Waals surface area contributed by atoms with Crippen molar-refractivity contribution in [1.29, 1.82) is 0 Å². The van der Waals surface area contributed by atoms with Crippen LogP contribution in [-0.4, -0.2) is 4.98 Å². The molecule has 104 valence electrons.